The fourth-order valence-electron chi connectivity index (χ4n) is 3.72. The molecule has 23 heavy (non-hydrogen) atoms. The second kappa shape index (κ2) is 8.10. The van der Waals surface area contributed by atoms with Crippen LogP contribution in [0.25, 0.3) is 0 Å². The largest absolute Gasteiger partial charge is 0.381 e. The molecule has 0 N–H and O–H groups in total. The number of ether oxygens (including phenoxy) is 1. The molecule has 0 aromatic carbocycles. The summed E-state index contributed by atoms with van der Waals surface area (Å²) < 4.78 is 33.7. The first kappa shape index (κ1) is 17.4. The average Bonchev–Trinajstić information content (AvgIpc) is 3.10. The van der Waals surface area contributed by atoms with Crippen LogP contribution in [0.4, 0.5) is 0 Å². The zero-order chi connectivity index (χ0) is 16.1. The number of nitrogens with zero attached hydrogens (tertiary/aromatic N) is 1. The third-order valence-electron chi connectivity index (χ3n) is 5.06. The van der Waals surface area contributed by atoms with Gasteiger partial charge in [-0.25, -0.2) is 8.42 Å². The van der Waals surface area contributed by atoms with E-state index >= 15 is 0 Å². The van der Waals surface area contributed by atoms with Crippen LogP contribution in [0, 0.1) is 0 Å². The third kappa shape index (κ3) is 4.35. The zero-order valence-corrected chi connectivity index (χ0v) is 15.3. The fraction of sp³-hybridized carbons (Fsp3) is 0.765. The minimum atomic E-state index is -3.19. The van der Waals surface area contributed by atoms with Crippen molar-refractivity contribution in [1.82, 2.24) is 4.31 Å². The predicted octanol–water partition coefficient (Wildman–Crippen LogP) is 3.43. The first-order chi connectivity index (χ1) is 11.2. The Hall–Kier alpha value is -0.430. The molecule has 3 rings (SSSR count). The molecule has 2 aliphatic rings. The van der Waals surface area contributed by atoms with Crippen LogP contribution in [0.2, 0.25) is 0 Å². The van der Waals surface area contributed by atoms with Crippen LogP contribution in [0.15, 0.2) is 17.5 Å². The van der Waals surface area contributed by atoms with Gasteiger partial charge in [-0.15, -0.1) is 11.3 Å². The van der Waals surface area contributed by atoms with Crippen LogP contribution < -0.4 is 0 Å². The van der Waals surface area contributed by atoms with Gasteiger partial charge in [0.2, 0.25) is 10.0 Å². The van der Waals surface area contributed by atoms with Crippen molar-refractivity contribution in [2.45, 2.75) is 62.7 Å². The van der Waals surface area contributed by atoms with E-state index in [-0.39, 0.29) is 11.3 Å². The molecule has 1 aromatic rings. The summed E-state index contributed by atoms with van der Waals surface area (Å²) in [5, 5.41) is 1.89. The van der Waals surface area contributed by atoms with Gasteiger partial charge in [0, 0.05) is 30.7 Å². The fourth-order valence-corrected chi connectivity index (χ4v) is 6.70. The van der Waals surface area contributed by atoms with E-state index in [0.717, 1.165) is 44.9 Å². The van der Waals surface area contributed by atoms with Crippen molar-refractivity contribution in [1.29, 1.82) is 0 Å². The molecule has 6 heteroatoms. The Balaban J connectivity index is 1.74. The maximum Gasteiger partial charge on any atom is 0.217 e. The van der Waals surface area contributed by atoms with Gasteiger partial charge >= 0.3 is 0 Å². The van der Waals surface area contributed by atoms with Crippen LogP contribution in [0.5, 0.6) is 0 Å². The molecule has 130 valence electrons. The smallest absolute Gasteiger partial charge is 0.217 e. The first-order valence-electron chi connectivity index (χ1n) is 8.79. The summed E-state index contributed by atoms with van der Waals surface area (Å²) in [6.07, 6.45) is 7.43. The molecule has 0 atom stereocenters. The Kier molecular flexibility index (Phi) is 6.13. The van der Waals surface area contributed by atoms with Crippen LogP contribution >= 0.6 is 11.3 Å². The lowest BCUT2D eigenvalue weighted by atomic mass is 10.0. The lowest BCUT2D eigenvalue weighted by Gasteiger charge is -2.36. The van der Waals surface area contributed by atoms with E-state index in [4.69, 9.17) is 4.74 Å². The van der Waals surface area contributed by atoms with E-state index in [2.05, 4.69) is 11.4 Å². The Labute approximate surface area is 143 Å². The summed E-state index contributed by atoms with van der Waals surface area (Å²) in [5.74, 6) is 0. The lowest BCUT2D eigenvalue weighted by molar-refractivity contribution is 0.0583. The van der Waals surface area contributed by atoms with Crippen LogP contribution in [0.3, 0.4) is 0 Å². The molecule has 2 heterocycles. The maximum absolute atomic E-state index is 13.2. The maximum atomic E-state index is 13.2. The molecule has 0 spiro atoms. The van der Waals surface area contributed by atoms with Gasteiger partial charge in [0.15, 0.2) is 0 Å². The van der Waals surface area contributed by atoms with Gasteiger partial charge in [-0.2, -0.15) is 4.31 Å². The van der Waals surface area contributed by atoms with Crippen molar-refractivity contribution in [2.75, 3.05) is 19.8 Å². The van der Waals surface area contributed by atoms with Crippen LogP contribution in [-0.4, -0.2) is 43.8 Å². The standard InChI is InChI=1S/C17H27NO3S2/c19-23(20,17-6-2-1-3-7-17)18(15-9-12-21-13-10-15)11-8-16-5-4-14-22-16/h4-5,14-15,17H,1-3,6-13H2. The van der Waals surface area contributed by atoms with E-state index in [0.29, 0.717) is 19.8 Å². The summed E-state index contributed by atoms with van der Waals surface area (Å²) in [4.78, 5) is 1.26. The summed E-state index contributed by atoms with van der Waals surface area (Å²) >= 11 is 1.71. The van der Waals surface area contributed by atoms with Crippen molar-refractivity contribution in [3.63, 3.8) is 0 Å². The number of hydrogen-bond acceptors (Lipinski definition) is 4. The minimum Gasteiger partial charge on any atom is -0.381 e. The van der Waals surface area contributed by atoms with Gasteiger partial charge in [0.05, 0.1) is 5.25 Å². The highest BCUT2D eigenvalue weighted by Crippen LogP contribution is 2.29. The number of rotatable bonds is 6. The quantitative estimate of drug-likeness (QED) is 0.783. The van der Waals surface area contributed by atoms with Crippen molar-refractivity contribution < 1.29 is 13.2 Å². The number of sulfonamides is 1. The molecule has 1 aliphatic carbocycles. The molecule has 0 radical (unpaired) electrons. The monoisotopic (exact) mass is 357 g/mol. The van der Waals surface area contributed by atoms with E-state index in [1.54, 1.807) is 11.3 Å². The Bertz CT molecular complexity index is 559. The highest BCUT2D eigenvalue weighted by atomic mass is 32.2. The normalized spacial score (nSPS) is 21.8. The van der Waals surface area contributed by atoms with E-state index in [1.165, 1.54) is 11.3 Å². The molecular weight excluding hydrogens is 330 g/mol. The van der Waals surface area contributed by atoms with Gasteiger partial charge in [-0.05, 0) is 43.6 Å². The Morgan fingerprint density at radius 1 is 1.13 bits per heavy atom. The molecule has 1 saturated heterocycles. The Morgan fingerprint density at radius 3 is 2.52 bits per heavy atom. The zero-order valence-electron chi connectivity index (χ0n) is 13.7. The molecule has 1 saturated carbocycles. The Morgan fingerprint density at radius 2 is 1.87 bits per heavy atom. The predicted molar refractivity (Wildman–Crippen MR) is 94.4 cm³/mol. The molecular formula is C17H27NO3S2. The van der Waals surface area contributed by atoms with Gasteiger partial charge in [0.25, 0.3) is 0 Å². The van der Waals surface area contributed by atoms with Crippen molar-refractivity contribution in [2.24, 2.45) is 0 Å². The SMILES string of the molecule is O=S(=O)(C1CCCCC1)N(CCc1cccs1)C1CCOCC1. The van der Waals surface area contributed by atoms with Crippen molar-refractivity contribution in [3.8, 4) is 0 Å². The van der Waals surface area contributed by atoms with Gasteiger partial charge in [-0.1, -0.05) is 25.3 Å². The van der Waals surface area contributed by atoms with Gasteiger partial charge < -0.3 is 4.74 Å². The third-order valence-corrected chi connectivity index (χ3v) is 8.44. The van der Waals surface area contributed by atoms with Crippen LogP contribution in [-0.2, 0) is 21.2 Å². The minimum absolute atomic E-state index is 0.121. The average molecular weight is 358 g/mol. The van der Waals surface area contributed by atoms with E-state index in [9.17, 15) is 8.42 Å². The molecule has 0 unspecified atom stereocenters. The topological polar surface area (TPSA) is 46.6 Å². The number of thiophene rings is 1. The van der Waals surface area contributed by atoms with E-state index in [1.807, 2.05) is 10.4 Å². The molecule has 1 aliphatic heterocycles. The highest BCUT2D eigenvalue weighted by Gasteiger charge is 2.37. The molecule has 0 amide bonds. The number of hydrogen-bond donors (Lipinski definition) is 0. The molecule has 2 fully saturated rings. The summed E-state index contributed by atoms with van der Waals surface area (Å²) in [6.45, 7) is 1.98. The van der Waals surface area contributed by atoms with Gasteiger partial charge in [-0.3, -0.25) is 0 Å². The van der Waals surface area contributed by atoms with Crippen LogP contribution in [0.1, 0.15) is 49.8 Å². The summed E-state index contributed by atoms with van der Waals surface area (Å²) in [7, 11) is -3.19. The highest BCUT2D eigenvalue weighted by molar-refractivity contribution is 7.89. The molecule has 4 nitrogen and oxygen atoms in total. The lowest BCUT2D eigenvalue weighted by Crippen LogP contribution is -2.48. The second-order valence-corrected chi connectivity index (χ2v) is 9.79. The molecule has 0 bridgehead atoms. The van der Waals surface area contributed by atoms with Crippen molar-refractivity contribution >= 4 is 21.4 Å². The first-order valence-corrected chi connectivity index (χ1v) is 11.2. The molecule has 1 aromatic heterocycles. The van der Waals surface area contributed by atoms with Gasteiger partial charge in [0.1, 0.15) is 0 Å². The second-order valence-electron chi connectivity index (χ2n) is 6.59. The summed E-state index contributed by atoms with van der Waals surface area (Å²) in [6, 6.07) is 4.25. The van der Waals surface area contributed by atoms with E-state index < -0.39 is 10.0 Å². The van der Waals surface area contributed by atoms with Crippen molar-refractivity contribution in [3.05, 3.63) is 22.4 Å². The summed E-state index contributed by atoms with van der Waals surface area (Å²) in [5.41, 5.74) is 0.